The Morgan fingerprint density at radius 1 is 1.14 bits per heavy atom. The molecule has 0 bridgehead atoms. The Morgan fingerprint density at radius 3 is 2.43 bits per heavy atom. The molecular weight excluding hydrogens is 418 g/mol. The van der Waals surface area contributed by atoms with E-state index in [2.05, 4.69) is 47.1 Å². The molecule has 0 aliphatic rings. The minimum Gasteiger partial charge on any atom is -0.325 e. The van der Waals surface area contributed by atoms with Gasteiger partial charge in [0.15, 0.2) is 5.16 Å². The lowest BCUT2D eigenvalue weighted by molar-refractivity contribution is -0.113. The van der Waals surface area contributed by atoms with Gasteiger partial charge >= 0.3 is 0 Å². The highest BCUT2D eigenvalue weighted by Crippen LogP contribution is 2.26. The molecule has 1 N–H and O–H groups in total. The topological polar surface area (TPSA) is 54.9 Å². The molecule has 1 aromatic heterocycles. The third-order valence-electron chi connectivity index (χ3n) is 2.50. The molecule has 2 aromatic rings. The van der Waals surface area contributed by atoms with Crippen molar-refractivity contribution < 1.29 is 4.79 Å². The van der Waals surface area contributed by atoms with E-state index in [1.807, 2.05) is 38.1 Å². The monoisotopic (exact) mass is 429 g/mol. The fourth-order valence-corrected chi connectivity index (χ4v) is 3.03. The molecule has 1 amide bonds. The minimum atomic E-state index is -0.0861. The number of rotatable bonds is 4. The van der Waals surface area contributed by atoms with Gasteiger partial charge < -0.3 is 5.32 Å². The van der Waals surface area contributed by atoms with E-state index in [9.17, 15) is 4.79 Å². The molecule has 0 fully saturated rings. The first-order chi connectivity index (χ1) is 9.94. The Labute approximate surface area is 144 Å². The molecule has 1 aromatic carbocycles. The number of carbonyl (C=O) groups is 1. The molecule has 110 valence electrons. The average molecular weight is 431 g/mol. The first kappa shape index (κ1) is 16.5. The number of halogens is 2. The molecule has 21 heavy (non-hydrogen) atoms. The van der Waals surface area contributed by atoms with Crippen molar-refractivity contribution in [3.63, 3.8) is 0 Å². The summed E-state index contributed by atoms with van der Waals surface area (Å²) in [6, 6.07) is 7.47. The van der Waals surface area contributed by atoms with Gasteiger partial charge in [-0.15, -0.1) is 0 Å². The van der Waals surface area contributed by atoms with Gasteiger partial charge in [0, 0.05) is 26.0 Å². The standard InChI is InChI=1S/C14H13Br2N3OS/c1-8-5-9(2)18-14(17-8)21-7-13(20)19-10-3-4-11(15)12(16)6-10/h3-6H,7H2,1-2H3,(H,19,20). The molecule has 2 rings (SSSR count). The van der Waals surface area contributed by atoms with Crippen molar-refractivity contribution in [2.24, 2.45) is 0 Å². The van der Waals surface area contributed by atoms with Gasteiger partial charge in [-0.3, -0.25) is 4.79 Å². The SMILES string of the molecule is Cc1cc(C)nc(SCC(=O)Nc2ccc(Br)c(Br)c2)n1. The van der Waals surface area contributed by atoms with Gasteiger partial charge in [-0.25, -0.2) is 9.97 Å². The van der Waals surface area contributed by atoms with Crippen LogP contribution in [0.15, 0.2) is 38.4 Å². The summed E-state index contributed by atoms with van der Waals surface area (Å²) < 4.78 is 1.84. The Bertz CT molecular complexity index is 659. The van der Waals surface area contributed by atoms with Crippen molar-refractivity contribution in [1.82, 2.24) is 9.97 Å². The minimum absolute atomic E-state index is 0.0861. The van der Waals surface area contributed by atoms with Crippen LogP contribution in [0.2, 0.25) is 0 Å². The number of hydrogen-bond acceptors (Lipinski definition) is 4. The molecule has 1 heterocycles. The highest BCUT2D eigenvalue weighted by Gasteiger charge is 2.07. The number of nitrogens with zero attached hydrogens (tertiary/aromatic N) is 2. The summed E-state index contributed by atoms with van der Waals surface area (Å²) in [5, 5.41) is 3.47. The summed E-state index contributed by atoms with van der Waals surface area (Å²) in [5.74, 6) is 0.188. The van der Waals surface area contributed by atoms with Crippen LogP contribution >= 0.6 is 43.6 Å². The summed E-state index contributed by atoms with van der Waals surface area (Å²) in [6.07, 6.45) is 0. The smallest absolute Gasteiger partial charge is 0.234 e. The lowest BCUT2D eigenvalue weighted by Gasteiger charge is -2.06. The quantitative estimate of drug-likeness (QED) is 0.578. The van der Waals surface area contributed by atoms with Crippen LogP contribution in [-0.2, 0) is 4.79 Å². The number of hydrogen-bond donors (Lipinski definition) is 1. The number of nitrogens with one attached hydrogen (secondary N) is 1. The van der Waals surface area contributed by atoms with Crippen LogP contribution < -0.4 is 5.32 Å². The molecule has 0 aliphatic carbocycles. The summed E-state index contributed by atoms with van der Waals surface area (Å²) in [5.41, 5.74) is 2.56. The van der Waals surface area contributed by atoms with Crippen LogP contribution in [0.4, 0.5) is 5.69 Å². The van der Waals surface area contributed by atoms with E-state index in [-0.39, 0.29) is 11.7 Å². The Hall–Kier alpha value is -0.920. The molecule has 0 unspecified atom stereocenters. The first-order valence-electron chi connectivity index (χ1n) is 6.14. The van der Waals surface area contributed by atoms with E-state index in [4.69, 9.17) is 0 Å². The van der Waals surface area contributed by atoms with E-state index in [1.165, 1.54) is 11.8 Å². The lowest BCUT2D eigenvalue weighted by Crippen LogP contribution is -2.14. The van der Waals surface area contributed by atoms with Crippen molar-refractivity contribution in [2.75, 3.05) is 11.1 Å². The maximum absolute atomic E-state index is 11.9. The van der Waals surface area contributed by atoms with E-state index in [0.29, 0.717) is 5.16 Å². The first-order valence-corrected chi connectivity index (χ1v) is 8.71. The summed E-state index contributed by atoms with van der Waals surface area (Å²) >= 11 is 8.12. The third kappa shape index (κ3) is 5.09. The Morgan fingerprint density at radius 2 is 1.81 bits per heavy atom. The van der Waals surface area contributed by atoms with Gasteiger partial charge in [-0.2, -0.15) is 0 Å². The van der Waals surface area contributed by atoms with Gasteiger partial charge in [-0.1, -0.05) is 11.8 Å². The Balaban J connectivity index is 1.94. The van der Waals surface area contributed by atoms with Crippen molar-refractivity contribution in [3.8, 4) is 0 Å². The average Bonchev–Trinajstić information content (AvgIpc) is 2.40. The van der Waals surface area contributed by atoms with Gasteiger partial charge in [0.25, 0.3) is 0 Å². The normalized spacial score (nSPS) is 10.5. The lowest BCUT2D eigenvalue weighted by atomic mass is 10.3. The summed E-state index contributed by atoms with van der Waals surface area (Å²) in [4.78, 5) is 20.5. The fraction of sp³-hybridized carbons (Fsp3) is 0.214. The molecule has 4 nitrogen and oxygen atoms in total. The largest absolute Gasteiger partial charge is 0.325 e. The third-order valence-corrected chi connectivity index (χ3v) is 5.22. The van der Waals surface area contributed by atoms with Gasteiger partial charge in [0.2, 0.25) is 5.91 Å². The molecule has 0 spiro atoms. The molecule has 0 saturated carbocycles. The predicted octanol–water partition coefficient (Wildman–Crippen LogP) is 4.35. The highest BCUT2D eigenvalue weighted by atomic mass is 79.9. The highest BCUT2D eigenvalue weighted by molar-refractivity contribution is 9.13. The molecule has 0 saturated heterocycles. The summed E-state index contributed by atoms with van der Waals surface area (Å²) in [6.45, 7) is 3.83. The van der Waals surface area contributed by atoms with Crippen LogP contribution in [0.25, 0.3) is 0 Å². The zero-order valence-corrected chi connectivity index (χ0v) is 15.5. The zero-order valence-electron chi connectivity index (χ0n) is 11.5. The molecule has 0 radical (unpaired) electrons. The number of aryl methyl sites for hydroxylation is 2. The number of thioether (sulfide) groups is 1. The fourth-order valence-electron chi connectivity index (χ4n) is 1.66. The van der Waals surface area contributed by atoms with Crippen molar-refractivity contribution >= 4 is 55.2 Å². The molecule has 0 atom stereocenters. The van der Waals surface area contributed by atoms with E-state index < -0.39 is 0 Å². The number of carbonyl (C=O) groups excluding carboxylic acids is 1. The second-order valence-electron chi connectivity index (χ2n) is 4.40. The van der Waals surface area contributed by atoms with E-state index in [0.717, 1.165) is 26.0 Å². The van der Waals surface area contributed by atoms with Gasteiger partial charge in [-0.05, 0) is 70.0 Å². The van der Waals surface area contributed by atoms with Crippen molar-refractivity contribution in [1.29, 1.82) is 0 Å². The van der Waals surface area contributed by atoms with Gasteiger partial charge in [0.1, 0.15) is 0 Å². The van der Waals surface area contributed by atoms with Crippen LogP contribution in [0.5, 0.6) is 0 Å². The molecule has 0 aliphatic heterocycles. The van der Waals surface area contributed by atoms with Crippen LogP contribution in [0, 0.1) is 13.8 Å². The number of aromatic nitrogens is 2. The van der Waals surface area contributed by atoms with Crippen LogP contribution in [-0.4, -0.2) is 21.6 Å². The number of amides is 1. The second-order valence-corrected chi connectivity index (χ2v) is 7.05. The number of benzene rings is 1. The summed E-state index contributed by atoms with van der Waals surface area (Å²) in [7, 11) is 0. The van der Waals surface area contributed by atoms with Crippen LogP contribution in [0.3, 0.4) is 0 Å². The van der Waals surface area contributed by atoms with Crippen molar-refractivity contribution in [3.05, 3.63) is 44.6 Å². The number of anilines is 1. The van der Waals surface area contributed by atoms with Crippen molar-refractivity contribution in [2.45, 2.75) is 19.0 Å². The predicted molar refractivity (Wildman–Crippen MR) is 92.7 cm³/mol. The zero-order chi connectivity index (χ0) is 15.4. The molecular formula is C14H13Br2N3OS. The maximum Gasteiger partial charge on any atom is 0.234 e. The van der Waals surface area contributed by atoms with E-state index >= 15 is 0 Å². The second kappa shape index (κ2) is 7.38. The van der Waals surface area contributed by atoms with E-state index in [1.54, 1.807) is 0 Å². The van der Waals surface area contributed by atoms with Crippen LogP contribution in [0.1, 0.15) is 11.4 Å². The maximum atomic E-state index is 11.9. The van der Waals surface area contributed by atoms with Gasteiger partial charge in [0.05, 0.1) is 5.75 Å². The molecule has 7 heteroatoms. The Kier molecular flexibility index (Phi) is 5.78.